The van der Waals surface area contributed by atoms with Crippen LogP contribution < -0.4 is 5.43 Å². The van der Waals surface area contributed by atoms with Crippen molar-refractivity contribution in [2.75, 3.05) is 7.11 Å². The number of carbonyl (C=O) groups is 2. The summed E-state index contributed by atoms with van der Waals surface area (Å²) in [6.07, 6.45) is -0.379. The lowest BCUT2D eigenvalue weighted by Gasteiger charge is -2.20. The van der Waals surface area contributed by atoms with Gasteiger partial charge < -0.3 is 39.8 Å². The second kappa shape index (κ2) is 9.46. The van der Waals surface area contributed by atoms with Crippen LogP contribution in [0.3, 0.4) is 0 Å². The maximum atomic E-state index is 13.1. The van der Waals surface area contributed by atoms with Gasteiger partial charge in [0.15, 0.2) is 17.3 Å². The fourth-order valence-corrected chi connectivity index (χ4v) is 4.04. The lowest BCUT2D eigenvalue weighted by Crippen LogP contribution is -2.13. The Morgan fingerprint density at radius 1 is 0.892 bits per heavy atom. The number of phenols is 4. The molecule has 1 atom stereocenters. The molecule has 190 valence electrons. The van der Waals surface area contributed by atoms with Crippen LogP contribution in [0.15, 0.2) is 57.7 Å². The highest BCUT2D eigenvalue weighted by atomic mass is 16.5. The molecule has 0 aliphatic rings. The summed E-state index contributed by atoms with van der Waals surface area (Å²) in [5.74, 6) is -6.61. The number of carbonyl (C=O) groups excluding carboxylic acids is 1. The van der Waals surface area contributed by atoms with Crippen molar-refractivity contribution in [2.24, 2.45) is 0 Å². The predicted molar refractivity (Wildman–Crippen MR) is 128 cm³/mol. The number of hydrogen-bond acceptors (Lipinski definition) is 10. The van der Waals surface area contributed by atoms with E-state index in [1.807, 2.05) is 0 Å². The van der Waals surface area contributed by atoms with Crippen molar-refractivity contribution in [3.63, 3.8) is 0 Å². The van der Waals surface area contributed by atoms with E-state index in [2.05, 4.69) is 0 Å². The van der Waals surface area contributed by atoms with E-state index in [0.717, 1.165) is 25.3 Å². The molecule has 0 bridgehead atoms. The Kier molecular flexibility index (Phi) is 6.37. The normalized spacial score (nSPS) is 11.8. The van der Waals surface area contributed by atoms with Crippen molar-refractivity contribution in [2.45, 2.75) is 12.3 Å². The minimum absolute atomic E-state index is 0.0177. The molecule has 0 saturated carbocycles. The summed E-state index contributed by atoms with van der Waals surface area (Å²) in [6, 6.07) is 9.62. The first kappa shape index (κ1) is 24.9. The summed E-state index contributed by atoms with van der Waals surface area (Å²) in [4.78, 5) is 36.7. The standard InChI is InChI=1S/C26H20O11/c1-36-19(31)9-14(11-2-4-12(5-3-11)26(34)35)20-17(29)10-18(30)21-22(32)23(33)24(37-25(20)21)13-6-7-15(27)16(28)8-13/h2-8,10,14,27-30,33H,9H2,1H3,(H,34,35)/t14-/m1/s1. The number of aromatic carboxylic acids is 1. The van der Waals surface area contributed by atoms with Crippen molar-refractivity contribution < 1.29 is 49.4 Å². The van der Waals surface area contributed by atoms with Gasteiger partial charge in [0.25, 0.3) is 0 Å². The molecule has 0 saturated heterocycles. The number of carboxylic acid groups (broad SMARTS) is 1. The number of carboxylic acids is 1. The second-order valence-electron chi connectivity index (χ2n) is 8.11. The predicted octanol–water partition coefficient (Wildman–Crippen LogP) is 3.38. The number of phenolic OH excluding ortho intramolecular Hbond substituents is 4. The number of ether oxygens (including phenoxy) is 1. The third-order valence-corrected chi connectivity index (χ3v) is 5.88. The van der Waals surface area contributed by atoms with Crippen LogP contribution in [0.25, 0.3) is 22.3 Å². The maximum absolute atomic E-state index is 13.1. The molecular formula is C26H20O11. The van der Waals surface area contributed by atoms with Gasteiger partial charge in [-0.25, -0.2) is 4.79 Å². The first-order valence-corrected chi connectivity index (χ1v) is 10.7. The number of methoxy groups -OCH3 is 1. The summed E-state index contributed by atoms with van der Waals surface area (Å²) in [5, 5.41) is 60.1. The summed E-state index contributed by atoms with van der Waals surface area (Å²) in [5.41, 5.74) is -1.28. The Morgan fingerprint density at radius 2 is 1.57 bits per heavy atom. The van der Waals surface area contributed by atoms with Crippen LogP contribution in [0, 0.1) is 0 Å². The fourth-order valence-electron chi connectivity index (χ4n) is 4.04. The molecule has 0 amide bonds. The zero-order valence-corrected chi connectivity index (χ0v) is 19.1. The molecule has 0 aliphatic carbocycles. The van der Waals surface area contributed by atoms with Gasteiger partial charge in [-0.2, -0.15) is 0 Å². The molecule has 37 heavy (non-hydrogen) atoms. The van der Waals surface area contributed by atoms with Gasteiger partial charge >= 0.3 is 11.9 Å². The molecule has 1 aromatic heterocycles. The Labute approximate surface area is 207 Å². The lowest BCUT2D eigenvalue weighted by molar-refractivity contribution is -0.140. The van der Waals surface area contributed by atoms with Gasteiger partial charge in [-0.15, -0.1) is 0 Å². The summed E-state index contributed by atoms with van der Waals surface area (Å²) in [7, 11) is 1.15. The molecule has 0 spiro atoms. The number of aromatic hydroxyl groups is 5. The molecule has 4 aromatic rings. The van der Waals surface area contributed by atoms with Crippen LogP contribution in [-0.4, -0.2) is 49.7 Å². The molecule has 0 radical (unpaired) electrons. The van der Waals surface area contributed by atoms with E-state index < -0.39 is 63.2 Å². The van der Waals surface area contributed by atoms with Gasteiger partial charge in [0.05, 0.1) is 19.1 Å². The molecule has 11 nitrogen and oxygen atoms in total. The topological polar surface area (TPSA) is 195 Å². The van der Waals surface area contributed by atoms with Crippen molar-refractivity contribution in [3.05, 3.63) is 75.4 Å². The van der Waals surface area contributed by atoms with Crippen molar-refractivity contribution in [3.8, 4) is 40.1 Å². The quantitative estimate of drug-likeness (QED) is 0.165. The monoisotopic (exact) mass is 508 g/mol. The summed E-state index contributed by atoms with van der Waals surface area (Å²) < 4.78 is 10.6. The number of fused-ring (bicyclic) bond motifs is 1. The first-order valence-electron chi connectivity index (χ1n) is 10.7. The molecule has 6 N–H and O–H groups in total. The van der Waals surface area contributed by atoms with Crippen LogP contribution in [0.1, 0.15) is 33.8 Å². The van der Waals surface area contributed by atoms with Gasteiger partial charge in [-0.3, -0.25) is 9.59 Å². The van der Waals surface area contributed by atoms with Crippen molar-refractivity contribution >= 4 is 22.9 Å². The van der Waals surface area contributed by atoms with Gasteiger partial charge in [0.1, 0.15) is 22.5 Å². The number of hydrogen-bond donors (Lipinski definition) is 6. The highest BCUT2D eigenvalue weighted by Crippen LogP contribution is 2.45. The van der Waals surface area contributed by atoms with Gasteiger partial charge in [0.2, 0.25) is 11.2 Å². The molecule has 11 heteroatoms. The zero-order chi connectivity index (χ0) is 27.0. The van der Waals surface area contributed by atoms with Gasteiger partial charge in [-0.1, -0.05) is 12.1 Å². The van der Waals surface area contributed by atoms with Crippen LogP contribution in [0.5, 0.6) is 28.7 Å². The Morgan fingerprint density at radius 3 is 2.16 bits per heavy atom. The SMILES string of the molecule is COC(=O)C[C@H](c1ccc(C(=O)O)cc1)c1c(O)cc(O)c2c(=O)c(O)c(-c3ccc(O)c(O)c3)oc12. The molecule has 1 heterocycles. The molecule has 3 aromatic carbocycles. The van der Waals surface area contributed by atoms with Crippen LogP contribution in [0.4, 0.5) is 0 Å². The lowest BCUT2D eigenvalue weighted by atomic mass is 9.86. The minimum Gasteiger partial charge on any atom is -0.507 e. The Balaban J connectivity index is 2.06. The first-order chi connectivity index (χ1) is 17.5. The molecule has 0 fully saturated rings. The van der Waals surface area contributed by atoms with E-state index >= 15 is 0 Å². The van der Waals surface area contributed by atoms with E-state index in [4.69, 9.17) is 9.15 Å². The van der Waals surface area contributed by atoms with Crippen LogP contribution in [0.2, 0.25) is 0 Å². The number of benzene rings is 3. The average molecular weight is 508 g/mol. The number of rotatable bonds is 6. The largest absolute Gasteiger partial charge is 0.507 e. The average Bonchev–Trinajstić information content (AvgIpc) is 2.86. The van der Waals surface area contributed by atoms with E-state index in [0.29, 0.717) is 5.56 Å². The van der Waals surface area contributed by atoms with E-state index in [1.54, 1.807) is 0 Å². The highest BCUT2D eigenvalue weighted by Gasteiger charge is 2.30. The van der Waals surface area contributed by atoms with E-state index in [-0.39, 0.29) is 28.7 Å². The summed E-state index contributed by atoms with van der Waals surface area (Å²) >= 11 is 0. The molecule has 4 rings (SSSR count). The minimum atomic E-state index is -1.18. The number of esters is 1. The van der Waals surface area contributed by atoms with E-state index in [1.165, 1.54) is 30.3 Å². The van der Waals surface area contributed by atoms with Crippen LogP contribution >= 0.6 is 0 Å². The Hall–Kier alpha value is -5.19. The maximum Gasteiger partial charge on any atom is 0.335 e. The molecular weight excluding hydrogens is 488 g/mol. The van der Waals surface area contributed by atoms with Crippen molar-refractivity contribution in [1.82, 2.24) is 0 Å². The highest BCUT2D eigenvalue weighted by molar-refractivity contribution is 5.92. The third kappa shape index (κ3) is 4.45. The molecule has 0 unspecified atom stereocenters. The third-order valence-electron chi connectivity index (χ3n) is 5.88. The summed E-state index contributed by atoms with van der Waals surface area (Å²) in [6.45, 7) is 0. The van der Waals surface area contributed by atoms with Gasteiger partial charge in [0, 0.05) is 23.1 Å². The van der Waals surface area contributed by atoms with Crippen LogP contribution in [-0.2, 0) is 9.53 Å². The fraction of sp³-hybridized carbons (Fsp3) is 0.115. The van der Waals surface area contributed by atoms with Crippen molar-refractivity contribution in [1.29, 1.82) is 0 Å². The van der Waals surface area contributed by atoms with Gasteiger partial charge in [-0.05, 0) is 35.9 Å². The smallest absolute Gasteiger partial charge is 0.335 e. The second-order valence-corrected chi connectivity index (χ2v) is 8.11. The Bertz CT molecular complexity index is 1600. The zero-order valence-electron chi connectivity index (χ0n) is 19.1. The van der Waals surface area contributed by atoms with E-state index in [9.17, 15) is 45.0 Å². The molecule has 0 aliphatic heterocycles.